The van der Waals surface area contributed by atoms with Crippen LogP contribution in [0.4, 0.5) is 5.69 Å². The van der Waals surface area contributed by atoms with E-state index in [4.69, 9.17) is 11.6 Å². The number of hydrogen-bond acceptors (Lipinski definition) is 3. The fourth-order valence-electron chi connectivity index (χ4n) is 1.83. The summed E-state index contributed by atoms with van der Waals surface area (Å²) >= 11 is 6.00. The lowest BCUT2D eigenvalue weighted by Crippen LogP contribution is -2.33. The summed E-state index contributed by atoms with van der Waals surface area (Å²) in [5.41, 5.74) is 1.72. The zero-order valence-corrected chi connectivity index (χ0v) is 12.8. The predicted molar refractivity (Wildman–Crippen MR) is 82.8 cm³/mol. The molecule has 0 aliphatic heterocycles. The number of carbonyl (C=O) groups excluding carboxylic acids is 1. The molecule has 1 N–H and O–H groups in total. The van der Waals surface area contributed by atoms with E-state index >= 15 is 0 Å². The van der Waals surface area contributed by atoms with Crippen LogP contribution in [0.25, 0.3) is 0 Å². The second-order valence-electron chi connectivity index (χ2n) is 4.84. The van der Waals surface area contributed by atoms with E-state index in [1.165, 1.54) is 10.7 Å². The Morgan fingerprint density at radius 2 is 2.00 bits per heavy atom. The third kappa shape index (κ3) is 3.31. The molecule has 0 spiro atoms. The van der Waals surface area contributed by atoms with Crippen molar-refractivity contribution in [2.24, 2.45) is 0 Å². The lowest BCUT2D eigenvalue weighted by atomic mass is 10.2. The van der Waals surface area contributed by atoms with Crippen LogP contribution < -0.4 is 10.9 Å². The van der Waals surface area contributed by atoms with Crippen molar-refractivity contribution in [2.75, 3.05) is 5.32 Å². The third-order valence-electron chi connectivity index (χ3n) is 3.27. The fourth-order valence-corrected chi connectivity index (χ4v) is 2.02. The number of hydrogen-bond donors (Lipinski definition) is 1. The van der Waals surface area contributed by atoms with E-state index in [-0.39, 0.29) is 11.5 Å². The number of aryl methyl sites for hydroxylation is 2. The van der Waals surface area contributed by atoms with Crippen LogP contribution >= 0.6 is 11.6 Å². The van der Waals surface area contributed by atoms with Crippen molar-refractivity contribution in [3.05, 3.63) is 57.0 Å². The van der Waals surface area contributed by atoms with Crippen LogP contribution in [0.1, 0.15) is 24.2 Å². The van der Waals surface area contributed by atoms with Crippen LogP contribution in [0, 0.1) is 13.8 Å². The maximum absolute atomic E-state index is 12.2. The van der Waals surface area contributed by atoms with Crippen molar-refractivity contribution >= 4 is 23.2 Å². The minimum absolute atomic E-state index is 0.306. The molecule has 5 nitrogen and oxygen atoms in total. The van der Waals surface area contributed by atoms with E-state index in [1.807, 2.05) is 6.92 Å². The van der Waals surface area contributed by atoms with Gasteiger partial charge in [-0.1, -0.05) is 23.7 Å². The minimum atomic E-state index is -0.729. The molecule has 1 unspecified atom stereocenters. The first-order chi connectivity index (χ1) is 9.90. The smallest absolute Gasteiger partial charge is 0.267 e. The molecular weight excluding hydrogens is 290 g/mol. The van der Waals surface area contributed by atoms with Crippen molar-refractivity contribution in [3.8, 4) is 0 Å². The van der Waals surface area contributed by atoms with E-state index in [0.717, 1.165) is 5.56 Å². The van der Waals surface area contributed by atoms with Gasteiger partial charge in [0.25, 0.3) is 5.56 Å². The molecule has 1 heterocycles. The van der Waals surface area contributed by atoms with E-state index in [1.54, 1.807) is 38.1 Å². The zero-order valence-electron chi connectivity index (χ0n) is 12.1. The van der Waals surface area contributed by atoms with Gasteiger partial charge < -0.3 is 5.32 Å². The highest BCUT2D eigenvalue weighted by molar-refractivity contribution is 6.33. The lowest BCUT2D eigenvalue weighted by Gasteiger charge is -2.15. The number of carbonyl (C=O) groups is 1. The first kappa shape index (κ1) is 15.3. The van der Waals surface area contributed by atoms with Crippen LogP contribution in [0.3, 0.4) is 0 Å². The Kier molecular flexibility index (Phi) is 4.43. The number of aromatic nitrogens is 2. The summed E-state index contributed by atoms with van der Waals surface area (Å²) in [6.07, 6.45) is 0. The van der Waals surface area contributed by atoms with Gasteiger partial charge in [0.05, 0.1) is 16.4 Å². The van der Waals surface area contributed by atoms with Gasteiger partial charge in [-0.15, -0.1) is 0 Å². The molecular formula is C15H16ClN3O2. The Bertz CT molecular complexity index is 740. The Morgan fingerprint density at radius 3 is 2.67 bits per heavy atom. The number of rotatable bonds is 3. The van der Waals surface area contributed by atoms with Gasteiger partial charge in [-0.05, 0) is 38.5 Å². The molecule has 2 aromatic rings. The number of amides is 1. The molecule has 21 heavy (non-hydrogen) atoms. The van der Waals surface area contributed by atoms with Crippen LogP contribution in [0.5, 0.6) is 0 Å². The zero-order chi connectivity index (χ0) is 15.6. The number of halogens is 1. The van der Waals surface area contributed by atoms with E-state index in [2.05, 4.69) is 10.4 Å². The van der Waals surface area contributed by atoms with Gasteiger partial charge in [-0.3, -0.25) is 9.59 Å². The molecule has 0 fully saturated rings. The summed E-state index contributed by atoms with van der Waals surface area (Å²) in [4.78, 5) is 24.2. The second-order valence-corrected chi connectivity index (χ2v) is 5.25. The van der Waals surface area contributed by atoms with Gasteiger partial charge in [0.1, 0.15) is 6.04 Å². The standard InChI is InChI=1S/C15H16ClN3O2/c1-9-8-14(20)19(18-10(9)2)11(3)15(21)17-13-7-5-4-6-12(13)16/h4-8,11H,1-3H3,(H,17,21). The number of nitrogens with zero attached hydrogens (tertiary/aromatic N) is 2. The molecule has 110 valence electrons. The van der Waals surface area contributed by atoms with Crippen molar-refractivity contribution in [3.63, 3.8) is 0 Å². The van der Waals surface area contributed by atoms with Gasteiger partial charge in [0.15, 0.2) is 0 Å². The van der Waals surface area contributed by atoms with Crippen molar-refractivity contribution in [1.29, 1.82) is 0 Å². The summed E-state index contributed by atoms with van der Waals surface area (Å²) < 4.78 is 1.18. The first-order valence-electron chi connectivity index (χ1n) is 6.52. The van der Waals surface area contributed by atoms with Crippen LogP contribution in [0.2, 0.25) is 5.02 Å². The fraction of sp³-hybridized carbons (Fsp3) is 0.267. The Hall–Kier alpha value is -2.14. The van der Waals surface area contributed by atoms with Crippen LogP contribution in [-0.4, -0.2) is 15.7 Å². The minimum Gasteiger partial charge on any atom is -0.323 e. The summed E-state index contributed by atoms with van der Waals surface area (Å²) in [6.45, 7) is 5.22. The summed E-state index contributed by atoms with van der Waals surface area (Å²) in [7, 11) is 0. The van der Waals surface area contributed by atoms with Crippen molar-refractivity contribution in [2.45, 2.75) is 26.8 Å². The largest absolute Gasteiger partial charge is 0.323 e. The van der Waals surface area contributed by atoms with Gasteiger partial charge in [0.2, 0.25) is 5.91 Å². The Morgan fingerprint density at radius 1 is 1.33 bits per heavy atom. The van der Waals surface area contributed by atoms with Gasteiger partial charge in [-0.25, -0.2) is 4.68 Å². The third-order valence-corrected chi connectivity index (χ3v) is 3.60. The van der Waals surface area contributed by atoms with Crippen molar-refractivity contribution in [1.82, 2.24) is 9.78 Å². The van der Waals surface area contributed by atoms with E-state index in [9.17, 15) is 9.59 Å². The average Bonchev–Trinajstić information content (AvgIpc) is 2.44. The molecule has 0 radical (unpaired) electrons. The number of nitrogens with one attached hydrogen (secondary N) is 1. The maximum atomic E-state index is 12.2. The lowest BCUT2D eigenvalue weighted by molar-refractivity contribution is -0.119. The Balaban J connectivity index is 2.26. The molecule has 0 bridgehead atoms. The summed E-state index contributed by atoms with van der Waals surface area (Å²) in [6, 6.07) is 7.67. The van der Waals surface area contributed by atoms with E-state index in [0.29, 0.717) is 16.4 Å². The first-order valence-corrected chi connectivity index (χ1v) is 6.90. The molecule has 1 amide bonds. The maximum Gasteiger partial charge on any atom is 0.267 e. The summed E-state index contributed by atoms with van der Waals surface area (Å²) in [5.74, 6) is -0.346. The SMILES string of the molecule is Cc1cc(=O)n(C(C)C(=O)Nc2ccccc2Cl)nc1C. The molecule has 1 atom stereocenters. The number of para-hydroxylation sites is 1. The molecule has 0 aliphatic carbocycles. The summed E-state index contributed by atoms with van der Waals surface area (Å²) in [5, 5.41) is 7.31. The molecule has 1 aromatic carbocycles. The van der Waals surface area contributed by atoms with Gasteiger partial charge >= 0.3 is 0 Å². The highest BCUT2D eigenvalue weighted by Gasteiger charge is 2.18. The molecule has 6 heteroatoms. The monoisotopic (exact) mass is 305 g/mol. The van der Waals surface area contributed by atoms with E-state index < -0.39 is 6.04 Å². The average molecular weight is 306 g/mol. The highest BCUT2D eigenvalue weighted by Crippen LogP contribution is 2.21. The molecule has 0 saturated carbocycles. The van der Waals surface area contributed by atoms with Crippen LogP contribution in [0.15, 0.2) is 35.1 Å². The second kappa shape index (κ2) is 6.10. The normalized spacial score (nSPS) is 12.0. The van der Waals surface area contributed by atoms with Gasteiger partial charge in [0, 0.05) is 6.07 Å². The van der Waals surface area contributed by atoms with Crippen molar-refractivity contribution < 1.29 is 4.79 Å². The van der Waals surface area contributed by atoms with Crippen LogP contribution in [-0.2, 0) is 4.79 Å². The molecule has 0 aliphatic rings. The molecule has 0 saturated heterocycles. The predicted octanol–water partition coefficient (Wildman–Crippen LogP) is 2.71. The topological polar surface area (TPSA) is 64.0 Å². The number of benzene rings is 1. The molecule has 2 rings (SSSR count). The molecule has 1 aromatic heterocycles. The Labute approximate surface area is 127 Å². The number of anilines is 1. The highest BCUT2D eigenvalue weighted by atomic mass is 35.5. The quantitative estimate of drug-likeness (QED) is 0.948. The van der Waals surface area contributed by atoms with Gasteiger partial charge in [-0.2, -0.15) is 5.10 Å².